The smallest absolute Gasteiger partial charge is 0.0896 e. The molecule has 5 nitrogen and oxygen atoms in total. The van der Waals surface area contributed by atoms with Gasteiger partial charge in [0.15, 0.2) is 0 Å². The zero-order valence-electron chi connectivity index (χ0n) is 14.4. The highest BCUT2D eigenvalue weighted by Crippen LogP contribution is 2.26. The van der Waals surface area contributed by atoms with Crippen LogP contribution in [0.15, 0.2) is 36.9 Å². The highest BCUT2D eigenvalue weighted by molar-refractivity contribution is 5.75. The summed E-state index contributed by atoms with van der Waals surface area (Å²) >= 11 is 0. The molecule has 3 heterocycles. The average molecular weight is 311 g/mol. The Morgan fingerprint density at radius 2 is 1.91 bits per heavy atom. The minimum absolute atomic E-state index is 0.631. The lowest BCUT2D eigenvalue weighted by Gasteiger charge is -2.25. The van der Waals surface area contributed by atoms with Gasteiger partial charge in [-0.25, -0.2) is 4.52 Å². The Hall–Kier alpha value is -2.30. The lowest BCUT2D eigenvalue weighted by Crippen LogP contribution is -2.28. The van der Waals surface area contributed by atoms with Gasteiger partial charge in [-0.05, 0) is 18.4 Å². The number of hydrogen-bond acceptors (Lipinski definition) is 3. The van der Waals surface area contributed by atoms with Gasteiger partial charge in [0.05, 0.1) is 23.6 Å². The summed E-state index contributed by atoms with van der Waals surface area (Å²) < 4.78 is 3.79. The summed E-state index contributed by atoms with van der Waals surface area (Å²) in [7, 11) is 1.93. The van der Waals surface area contributed by atoms with Crippen molar-refractivity contribution < 1.29 is 0 Å². The van der Waals surface area contributed by atoms with Crippen molar-refractivity contribution in [2.45, 2.75) is 27.2 Å². The van der Waals surface area contributed by atoms with Crippen LogP contribution in [0.1, 0.15) is 27.2 Å². The predicted molar refractivity (Wildman–Crippen MR) is 94.7 cm³/mol. The van der Waals surface area contributed by atoms with Crippen LogP contribution in [0.25, 0.3) is 16.6 Å². The van der Waals surface area contributed by atoms with Gasteiger partial charge in [0.1, 0.15) is 0 Å². The summed E-state index contributed by atoms with van der Waals surface area (Å²) in [6.07, 6.45) is 9.11. The van der Waals surface area contributed by atoms with E-state index in [9.17, 15) is 0 Å². The van der Waals surface area contributed by atoms with Gasteiger partial charge in [-0.1, -0.05) is 26.8 Å². The first-order valence-corrected chi connectivity index (χ1v) is 8.30. The lowest BCUT2D eigenvalue weighted by atomic mass is 10.1. The van der Waals surface area contributed by atoms with Crippen LogP contribution in [-0.4, -0.2) is 32.5 Å². The van der Waals surface area contributed by atoms with Crippen LogP contribution in [0.5, 0.6) is 0 Å². The fraction of sp³-hybridized carbons (Fsp3) is 0.444. The van der Waals surface area contributed by atoms with Crippen LogP contribution in [0.2, 0.25) is 0 Å². The predicted octanol–water partition coefficient (Wildman–Crippen LogP) is 3.61. The number of nitrogens with zero attached hydrogens (tertiary/aromatic N) is 5. The average Bonchev–Trinajstić information content (AvgIpc) is 3.12. The van der Waals surface area contributed by atoms with Gasteiger partial charge < -0.3 is 4.90 Å². The summed E-state index contributed by atoms with van der Waals surface area (Å²) in [5, 5.41) is 8.81. The molecule has 0 amide bonds. The van der Waals surface area contributed by atoms with Crippen LogP contribution in [0.3, 0.4) is 0 Å². The van der Waals surface area contributed by atoms with Crippen LogP contribution >= 0.6 is 0 Å². The first-order chi connectivity index (χ1) is 11.1. The molecule has 0 aliphatic heterocycles. The topological polar surface area (TPSA) is 38.4 Å². The fourth-order valence-corrected chi connectivity index (χ4v) is 2.98. The zero-order chi connectivity index (χ0) is 16.4. The summed E-state index contributed by atoms with van der Waals surface area (Å²) in [5.41, 5.74) is 4.62. The second kappa shape index (κ2) is 6.44. The number of fused-ring (bicyclic) bond motifs is 1. The molecule has 0 aliphatic carbocycles. The van der Waals surface area contributed by atoms with Crippen molar-refractivity contribution in [3.63, 3.8) is 0 Å². The summed E-state index contributed by atoms with van der Waals surface area (Å²) in [6.45, 7) is 8.85. The van der Waals surface area contributed by atoms with Crippen molar-refractivity contribution in [3.8, 4) is 11.1 Å². The molecular formula is C18H25N5. The molecule has 0 saturated heterocycles. The van der Waals surface area contributed by atoms with Crippen molar-refractivity contribution >= 4 is 11.2 Å². The van der Waals surface area contributed by atoms with Crippen molar-refractivity contribution in [1.82, 2.24) is 19.4 Å². The van der Waals surface area contributed by atoms with Crippen LogP contribution in [0.4, 0.5) is 5.69 Å². The second-order valence-electron chi connectivity index (χ2n) is 6.52. The maximum absolute atomic E-state index is 4.57. The van der Waals surface area contributed by atoms with E-state index < -0.39 is 0 Å². The minimum atomic E-state index is 0.631. The molecule has 3 rings (SSSR count). The molecule has 122 valence electrons. The number of anilines is 1. The molecular weight excluding hydrogens is 286 g/mol. The molecule has 0 aromatic carbocycles. The van der Waals surface area contributed by atoms with E-state index in [1.54, 1.807) is 0 Å². The summed E-state index contributed by atoms with van der Waals surface area (Å²) in [5.74, 6) is 0.631. The molecule has 0 unspecified atom stereocenters. The van der Waals surface area contributed by atoms with E-state index in [-0.39, 0.29) is 0 Å². The maximum Gasteiger partial charge on any atom is 0.0896 e. The van der Waals surface area contributed by atoms with Crippen LogP contribution < -0.4 is 4.90 Å². The Morgan fingerprint density at radius 1 is 1.09 bits per heavy atom. The van der Waals surface area contributed by atoms with Gasteiger partial charge >= 0.3 is 0 Å². The Morgan fingerprint density at radius 3 is 2.57 bits per heavy atom. The van der Waals surface area contributed by atoms with Crippen molar-refractivity contribution in [2.75, 3.05) is 18.0 Å². The Labute approximate surface area is 137 Å². The van der Waals surface area contributed by atoms with Crippen LogP contribution in [0, 0.1) is 5.92 Å². The number of aryl methyl sites for hydroxylation is 1. The highest BCUT2D eigenvalue weighted by atomic mass is 15.3. The van der Waals surface area contributed by atoms with Gasteiger partial charge in [0.25, 0.3) is 0 Å². The molecule has 0 spiro atoms. The minimum Gasteiger partial charge on any atom is -0.368 e. The Kier molecular flexibility index (Phi) is 4.37. The van der Waals surface area contributed by atoms with Crippen LogP contribution in [-0.2, 0) is 7.05 Å². The number of hydrogen-bond donors (Lipinski definition) is 0. The highest BCUT2D eigenvalue weighted by Gasteiger charge is 2.14. The molecule has 3 aromatic heterocycles. The SMILES string of the molecule is CCCN(CC(C)C)c1cnn2cc(-c3cnn(C)c3)ccc12. The molecule has 23 heavy (non-hydrogen) atoms. The monoisotopic (exact) mass is 311 g/mol. The van der Waals surface area contributed by atoms with E-state index >= 15 is 0 Å². The van der Waals surface area contributed by atoms with Gasteiger partial charge in [0, 0.05) is 43.7 Å². The van der Waals surface area contributed by atoms with E-state index in [0.29, 0.717) is 5.92 Å². The third-order valence-corrected chi connectivity index (χ3v) is 3.95. The molecule has 3 aromatic rings. The van der Waals surface area contributed by atoms with Crippen molar-refractivity contribution in [1.29, 1.82) is 0 Å². The summed E-state index contributed by atoms with van der Waals surface area (Å²) in [4.78, 5) is 2.44. The van der Waals surface area contributed by atoms with Gasteiger partial charge in [-0.3, -0.25) is 4.68 Å². The van der Waals surface area contributed by atoms with E-state index in [0.717, 1.165) is 36.2 Å². The van der Waals surface area contributed by atoms with Gasteiger partial charge in [-0.15, -0.1) is 0 Å². The zero-order valence-corrected chi connectivity index (χ0v) is 14.4. The molecule has 5 heteroatoms. The normalized spacial score (nSPS) is 11.5. The first kappa shape index (κ1) is 15.6. The van der Waals surface area contributed by atoms with Gasteiger partial charge in [-0.2, -0.15) is 10.2 Å². The fourth-order valence-electron chi connectivity index (χ4n) is 2.98. The molecule has 0 fully saturated rings. The largest absolute Gasteiger partial charge is 0.368 e. The third kappa shape index (κ3) is 3.23. The van der Waals surface area contributed by atoms with E-state index in [1.165, 1.54) is 5.69 Å². The standard InChI is InChI=1S/C18H25N5/c1-5-8-22(11-14(2)3)18-10-20-23-13-15(6-7-17(18)23)16-9-19-21(4)12-16/h6-7,9-10,12-14H,5,8,11H2,1-4H3. The van der Waals surface area contributed by atoms with Gasteiger partial charge in [0.2, 0.25) is 0 Å². The number of rotatable bonds is 6. The molecule has 0 bridgehead atoms. The van der Waals surface area contributed by atoms with E-state index in [2.05, 4.69) is 54.2 Å². The molecule has 0 saturated carbocycles. The summed E-state index contributed by atoms with van der Waals surface area (Å²) in [6, 6.07) is 4.31. The third-order valence-electron chi connectivity index (χ3n) is 3.95. The quantitative estimate of drug-likeness (QED) is 0.698. The van der Waals surface area contributed by atoms with Crippen molar-refractivity contribution in [2.24, 2.45) is 13.0 Å². The maximum atomic E-state index is 4.57. The molecule has 0 N–H and O–H groups in total. The Bertz CT molecular complexity index is 784. The second-order valence-corrected chi connectivity index (χ2v) is 6.52. The molecule has 0 radical (unpaired) electrons. The van der Waals surface area contributed by atoms with E-state index in [4.69, 9.17) is 0 Å². The van der Waals surface area contributed by atoms with E-state index in [1.807, 2.05) is 34.8 Å². The first-order valence-electron chi connectivity index (χ1n) is 8.30. The molecule has 0 atom stereocenters. The molecule has 0 aliphatic rings. The lowest BCUT2D eigenvalue weighted by molar-refractivity contribution is 0.607. The number of pyridine rings is 1. The Balaban J connectivity index is 1.97. The van der Waals surface area contributed by atoms with Crippen molar-refractivity contribution in [3.05, 3.63) is 36.9 Å². The number of aromatic nitrogens is 4.